The van der Waals surface area contributed by atoms with Crippen molar-refractivity contribution in [1.82, 2.24) is 14.1 Å². The van der Waals surface area contributed by atoms with E-state index in [9.17, 15) is 5.11 Å². The number of nitrogens with one attached hydrogen (secondary N) is 1. The number of halogens is 1. The van der Waals surface area contributed by atoms with Gasteiger partial charge in [0.25, 0.3) is 0 Å². The third-order valence-corrected chi connectivity index (χ3v) is 4.51. The van der Waals surface area contributed by atoms with Crippen molar-refractivity contribution >= 4 is 39.0 Å². The second-order valence-electron chi connectivity index (χ2n) is 3.53. The van der Waals surface area contributed by atoms with Crippen LogP contribution >= 0.6 is 39.0 Å². The van der Waals surface area contributed by atoms with Gasteiger partial charge in [-0.15, -0.1) is 15.7 Å². The van der Waals surface area contributed by atoms with Gasteiger partial charge in [0.15, 0.2) is 0 Å². The molecule has 1 atom stereocenters. The summed E-state index contributed by atoms with van der Waals surface area (Å²) in [6, 6.07) is 2.01. The first-order valence-electron chi connectivity index (χ1n) is 5.26. The van der Waals surface area contributed by atoms with E-state index in [-0.39, 0.29) is 6.61 Å². The summed E-state index contributed by atoms with van der Waals surface area (Å²) < 4.78 is 14.1. The molecule has 0 aliphatic carbocycles. The normalized spacial score (nSPS) is 12.6. The summed E-state index contributed by atoms with van der Waals surface area (Å²) >= 11 is 6.22. The van der Waals surface area contributed by atoms with Crippen LogP contribution in [0.15, 0.2) is 22.1 Å². The zero-order valence-corrected chi connectivity index (χ0v) is 12.6. The number of aromatic nitrogens is 2. The minimum Gasteiger partial charge on any atom is -0.473 e. The Hall–Kier alpha value is -0.540. The first kappa shape index (κ1) is 13.9. The van der Waals surface area contributed by atoms with Crippen LogP contribution in [0.25, 0.3) is 0 Å². The maximum absolute atomic E-state index is 9.71. The predicted molar refractivity (Wildman–Crippen MR) is 75.1 cm³/mol. The third-order valence-electron chi connectivity index (χ3n) is 2.12. The van der Waals surface area contributed by atoms with Crippen LogP contribution in [-0.2, 0) is 6.54 Å². The number of thiophene rings is 1. The number of ether oxygens (including phenoxy) is 1. The number of aliphatic hydroxyl groups excluding tert-OH is 1. The average molecular weight is 350 g/mol. The van der Waals surface area contributed by atoms with Gasteiger partial charge in [-0.05, 0) is 27.4 Å². The fraction of sp³-hybridized carbons (Fsp3) is 0.400. The molecule has 18 heavy (non-hydrogen) atoms. The molecule has 5 nitrogen and oxygen atoms in total. The van der Waals surface area contributed by atoms with Crippen molar-refractivity contribution in [1.29, 1.82) is 0 Å². The van der Waals surface area contributed by atoms with Crippen LogP contribution in [-0.4, -0.2) is 33.1 Å². The van der Waals surface area contributed by atoms with Crippen LogP contribution in [0.3, 0.4) is 0 Å². The molecule has 1 unspecified atom stereocenters. The molecule has 0 aliphatic rings. The fourth-order valence-corrected chi connectivity index (χ4v) is 3.09. The smallest absolute Gasteiger partial charge is 0.245 e. The van der Waals surface area contributed by atoms with Gasteiger partial charge >= 0.3 is 0 Å². The highest BCUT2D eigenvalue weighted by atomic mass is 79.9. The second kappa shape index (κ2) is 7.15. The molecule has 2 rings (SSSR count). The lowest BCUT2D eigenvalue weighted by atomic mass is 10.3. The topological polar surface area (TPSA) is 67.3 Å². The largest absolute Gasteiger partial charge is 0.473 e. The van der Waals surface area contributed by atoms with Crippen LogP contribution in [0.2, 0.25) is 0 Å². The Morgan fingerprint density at radius 1 is 1.56 bits per heavy atom. The standard InChI is InChI=1S/C10H12BrN3O2S2/c11-8-1-2-17-9(8)4-12-3-7(15)6-16-10-5-13-18-14-10/h1-2,5,7,12,15H,3-4,6H2. The fourth-order valence-electron chi connectivity index (χ4n) is 1.26. The van der Waals surface area contributed by atoms with Gasteiger partial charge in [-0.2, -0.15) is 4.37 Å². The van der Waals surface area contributed by atoms with Gasteiger partial charge in [-0.25, -0.2) is 0 Å². The van der Waals surface area contributed by atoms with Gasteiger partial charge in [-0.3, -0.25) is 0 Å². The summed E-state index contributed by atoms with van der Waals surface area (Å²) in [5, 5.41) is 14.9. The molecule has 0 spiro atoms. The lowest BCUT2D eigenvalue weighted by molar-refractivity contribution is 0.104. The Balaban J connectivity index is 1.63. The molecule has 0 amide bonds. The molecule has 8 heteroatoms. The first-order chi connectivity index (χ1) is 8.75. The molecule has 0 radical (unpaired) electrons. The van der Waals surface area contributed by atoms with Crippen molar-refractivity contribution in [3.8, 4) is 5.88 Å². The minimum absolute atomic E-state index is 0.212. The van der Waals surface area contributed by atoms with Crippen LogP contribution in [0.5, 0.6) is 5.88 Å². The molecule has 2 aromatic heterocycles. The lowest BCUT2D eigenvalue weighted by Gasteiger charge is -2.11. The van der Waals surface area contributed by atoms with Crippen molar-refractivity contribution in [3.63, 3.8) is 0 Å². The molecule has 2 N–H and O–H groups in total. The first-order valence-corrected chi connectivity index (χ1v) is 7.67. The number of aliphatic hydroxyl groups is 1. The Morgan fingerprint density at radius 2 is 2.44 bits per heavy atom. The van der Waals surface area contributed by atoms with Crippen molar-refractivity contribution in [2.75, 3.05) is 13.2 Å². The van der Waals surface area contributed by atoms with Gasteiger partial charge in [0, 0.05) is 22.4 Å². The molecular formula is C10H12BrN3O2S2. The zero-order chi connectivity index (χ0) is 12.8. The zero-order valence-electron chi connectivity index (χ0n) is 9.38. The molecule has 0 aromatic carbocycles. The van der Waals surface area contributed by atoms with Gasteiger partial charge in [-0.1, -0.05) is 0 Å². The van der Waals surface area contributed by atoms with Crippen LogP contribution in [0.1, 0.15) is 4.88 Å². The van der Waals surface area contributed by atoms with E-state index in [4.69, 9.17) is 4.74 Å². The molecule has 0 bridgehead atoms. The van der Waals surface area contributed by atoms with Gasteiger partial charge in [0.05, 0.1) is 11.7 Å². The third kappa shape index (κ3) is 4.29. The Morgan fingerprint density at radius 3 is 3.11 bits per heavy atom. The maximum Gasteiger partial charge on any atom is 0.245 e. The van der Waals surface area contributed by atoms with Crippen molar-refractivity contribution < 1.29 is 9.84 Å². The molecule has 98 valence electrons. The van der Waals surface area contributed by atoms with E-state index >= 15 is 0 Å². The quantitative estimate of drug-likeness (QED) is 0.798. The van der Waals surface area contributed by atoms with E-state index in [1.54, 1.807) is 11.3 Å². The molecule has 0 saturated carbocycles. The van der Waals surface area contributed by atoms with E-state index in [0.29, 0.717) is 12.4 Å². The van der Waals surface area contributed by atoms with Gasteiger partial charge < -0.3 is 15.2 Å². The van der Waals surface area contributed by atoms with Crippen molar-refractivity contribution in [3.05, 3.63) is 27.0 Å². The highest BCUT2D eigenvalue weighted by Gasteiger charge is 2.07. The number of hydrogen-bond donors (Lipinski definition) is 2. The summed E-state index contributed by atoms with van der Waals surface area (Å²) in [6.07, 6.45) is 0.971. The van der Waals surface area contributed by atoms with E-state index in [1.807, 2.05) is 11.4 Å². The second-order valence-corrected chi connectivity index (χ2v) is 5.94. The monoisotopic (exact) mass is 349 g/mol. The molecule has 0 saturated heterocycles. The average Bonchev–Trinajstić information content (AvgIpc) is 2.99. The molecule has 0 fully saturated rings. The number of nitrogens with zero attached hydrogens (tertiary/aromatic N) is 2. The Kier molecular flexibility index (Phi) is 5.51. The Bertz CT molecular complexity index is 463. The van der Waals surface area contributed by atoms with Gasteiger partial charge in [0.1, 0.15) is 18.9 Å². The van der Waals surface area contributed by atoms with Crippen LogP contribution in [0.4, 0.5) is 0 Å². The molecular weight excluding hydrogens is 338 g/mol. The summed E-state index contributed by atoms with van der Waals surface area (Å²) in [7, 11) is 0. The van der Waals surface area contributed by atoms with Crippen LogP contribution in [0, 0.1) is 0 Å². The maximum atomic E-state index is 9.71. The van der Waals surface area contributed by atoms with Crippen molar-refractivity contribution in [2.45, 2.75) is 12.6 Å². The summed E-state index contributed by atoms with van der Waals surface area (Å²) in [4.78, 5) is 1.21. The highest BCUT2D eigenvalue weighted by molar-refractivity contribution is 9.10. The summed E-state index contributed by atoms with van der Waals surface area (Å²) in [5.41, 5.74) is 0. The summed E-state index contributed by atoms with van der Waals surface area (Å²) in [6.45, 7) is 1.42. The highest BCUT2D eigenvalue weighted by Crippen LogP contribution is 2.21. The molecule has 2 aromatic rings. The SMILES string of the molecule is OC(CNCc1sccc1Br)COc1cnsn1. The van der Waals surface area contributed by atoms with Gasteiger partial charge in [0.2, 0.25) is 5.88 Å². The van der Waals surface area contributed by atoms with E-state index in [0.717, 1.165) is 22.7 Å². The lowest BCUT2D eigenvalue weighted by Crippen LogP contribution is -2.31. The van der Waals surface area contributed by atoms with Crippen LogP contribution < -0.4 is 10.1 Å². The van der Waals surface area contributed by atoms with E-state index < -0.39 is 6.10 Å². The molecule has 0 aliphatic heterocycles. The van der Waals surface area contributed by atoms with Crippen molar-refractivity contribution in [2.24, 2.45) is 0 Å². The van der Waals surface area contributed by atoms with E-state index in [2.05, 4.69) is 30.0 Å². The number of hydrogen-bond acceptors (Lipinski definition) is 7. The molecule has 2 heterocycles. The minimum atomic E-state index is -0.564. The predicted octanol–water partition coefficient (Wildman–Crippen LogP) is 1.89. The summed E-state index contributed by atoms with van der Waals surface area (Å²) in [5.74, 6) is 0.458. The Labute approximate surface area is 121 Å². The van der Waals surface area contributed by atoms with E-state index in [1.165, 1.54) is 11.1 Å². The number of rotatable bonds is 7.